The predicted octanol–water partition coefficient (Wildman–Crippen LogP) is 4.59. The topological polar surface area (TPSA) is 59.8 Å². The van der Waals surface area contributed by atoms with E-state index in [9.17, 15) is 4.79 Å². The van der Waals surface area contributed by atoms with E-state index in [1.807, 2.05) is 56.3 Å². The van der Waals surface area contributed by atoms with E-state index in [0.29, 0.717) is 12.2 Å². The summed E-state index contributed by atoms with van der Waals surface area (Å²) in [5, 5.41) is 8.25. The Bertz CT molecular complexity index is 1110. The van der Waals surface area contributed by atoms with Crippen molar-refractivity contribution in [3.63, 3.8) is 0 Å². The number of amides is 1. The van der Waals surface area contributed by atoms with Crippen LogP contribution in [0.1, 0.15) is 22.4 Å². The molecule has 1 N–H and O–H groups in total. The number of aromatic nitrogens is 3. The Kier molecular flexibility index (Phi) is 4.49. The third-order valence-electron chi connectivity index (χ3n) is 4.41. The minimum absolute atomic E-state index is 0.0655. The Morgan fingerprint density at radius 1 is 1.11 bits per heavy atom. The summed E-state index contributed by atoms with van der Waals surface area (Å²) < 4.78 is 2.80. The molecule has 0 aliphatic rings. The van der Waals surface area contributed by atoms with Crippen molar-refractivity contribution in [3.05, 3.63) is 70.9 Å². The second-order valence-corrected chi connectivity index (χ2v) is 7.71. The van der Waals surface area contributed by atoms with Gasteiger partial charge in [0.15, 0.2) is 0 Å². The van der Waals surface area contributed by atoms with E-state index in [-0.39, 0.29) is 5.91 Å². The fourth-order valence-electron chi connectivity index (χ4n) is 3.09. The number of nitrogens with one attached hydrogen (secondary N) is 1. The molecule has 0 aliphatic heterocycles. The maximum atomic E-state index is 12.6. The van der Waals surface area contributed by atoms with E-state index < -0.39 is 0 Å². The molecule has 2 heterocycles. The summed E-state index contributed by atoms with van der Waals surface area (Å²) in [6.07, 6.45) is 0.330. The molecule has 0 unspecified atom stereocenters. The molecule has 4 aromatic rings. The molecule has 0 radical (unpaired) electrons. The number of anilines is 1. The number of aryl methyl sites for hydroxylation is 3. The van der Waals surface area contributed by atoms with Crippen LogP contribution in [0.4, 0.5) is 5.82 Å². The largest absolute Gasteiger partial charge is 0.310 e. The van der Waals surface area contributed by atoms with E-state index in [4.69, 9.17) is 0 Å². The summed E-state index contributed by atoms with van der Waals surface area (Å²) in [5.74, 6) is 0.575. The molecule has 0 bridgehead atoms. The van der Waals surface area contributed by atoms with Gasteiger partial charge in [-0.25, -0.2) is 4.98 Å². The number of para-hydroxylation sites is 1. The lowest BCUT2D eigenvalue weighted by Crippen LogP contribution is -2.17. The van der Waals surface area contributed by atoms with Gasteiger partial charge in [-0.05, 0) is 44.0 Å². The van der Waals surface area contributed by atoms with Crippen LogP contribution >= 0.6 is 11.3 Å². The monoisotopic (exact) mass is 376 g/mol. The third kappa shape index (κ3) is 3.61. The molecular formula is C21H20N4OS. The van der Waals surface area contributed by atoms with Crippen molar-refractivity contribution in [2.24, 2.45) is 0 Å². The lowest BCUT2D eigenvalue weighted by Gasteiger charge is -2.09. The van der Waals surface area contributed by atoms with Crippen LogP contribution in [0, 0.1) is 20.8 Å². The van der Waals surface area contributed by atoms with Crippen molar-refractivity contribution in [3.8, 4) is 5.13 Å². The standard InChI is InChI=1S/C21H20N4OS/c1-13-8-9-16(14(2)10-13)12-20(26)23-19-11-15(3)24-25(19)21-22-17-6-4-5-7-18(17)27-21/h4-11H,12H2,1-3H3,(H,23,26). The summed E-state index contributed by atoms with van der Waals surface area (Å²) in [6, 6.07) is 16.0. The average Bonchev–Trinajstić information content (AvgIpc) is 3.20. The summed E-state index contributed by atoms with van der Waals surface area (Å²) in [6.45, 7) is 5.99. The molecule has 136 valence electrons. The van der Waals surface area contributed by atoms with Crippen LogP contribution in [-0.2, 0) is 11.2 Å². The zero-order chi connectivity index (χ0) is 19.0. The van der Waals surface area contributed by atoms with E-state index in [1.54, 1.807) is 16.0 Å². The van der Waals surface area contributed by atoms with Gasteiger partial charge in [0.2, 0.25) is 11.0 Å². The fraction of sp³-hybridized carbons (Fsp3) is 0.190. The van der Waals surface area contributed by atoms with Crippen molar-refractivity contribution in [1.29, 1.82) is 0 Å². The number of benzene rings is 2. The first-order valence-electron chi connectivity index (χ1n) is 8.78. The Morgan fingerprint density at radius 3 is 2.70 bits per heavy atom. The van der Waals surface area contributed by atoms with Crippen molar-refractivity contribution < 1.29 is 4.79 Å². The molecule has 1 amide bonds. The van der Waals surface area contributed by atoms with Gasteiger partial charge in [-0.2, -0.15) is 9.78 Å². The molecule has 2 aromatic heterocycles. The van der Waals surface area contributed by atoms with Crippen LogP contribution in [0.25, 0.3) is 15.3 Å². The molecule has 4 rings (SSSR count). The Morgan fingerprint density at radius 2 is 1.93 bits per heavy atom. The van der Waals surface area contributed by atoms with Crippen molar-refractivity contribution in [2.75, 3.05) is 5.32 Å². The fourth-order valence-corrected chi connectivity index (χ4v) is 4.02. The molecule has 6 heteroatoms. The van der Waals surface area contributed by atoms with Crippen LogP contribution in [0.2, 0.25) is 0 Å². The summed E-state index contributed by atoms with van der Waals surface area (Å²) in [4.78, 5) is 17.3. The highest BCUT2D eigenvalue weighted by Crippen LogP contribution is 2.27. The van der Waals surface area contributed by atoms with Gasteiger partial charge in [0, 0.05) is 6.07 Å². The van der Waals surface area contributed by atoms with Gasteiger partial charge in [0.25, 0.3) is 0 Å². The second-order valence-electron chi connectivity index (χ2n) is 6.70. The van der Waals surface area contributed by atoms with Crippen molar-refractivity contribution in [2.45, 2.75) is 27.2 Å². The van der Waals surface area contributed by atoms with Gasteiger partial charge >= 0.3 is 0 Å². The number of thiazole rings is 1. The average molecular weight is 376 g/mol. The van der Waals surface area contributed by atoms with Crippen LogP contribution in [0.5, 0.6) is 0 Å². The highest BCUT2D eigenvalue weighted by molar-refractivity contribution is 7.20. The smallest absolute Gasteiger partial charge is 0.229 e. The van der Waals surface area contributed by atoms with Gasteiger partial charge in [0.1, 0.15) is 5.82 Å². The van der Waals surface area contributed by atoms with Crippen LogP contribution in [-0.4, -0.2) is 20.7 Å². The number of carbonyl (C=O) groups is 1. The molecule has 0 saturated heterocycles. The number of nitrogens with zero attached hydrogens (tertiary/aromatic N) is 3. The minimum Gasteiger partial charge on any atom is -0.310 e. The molecule has 0 atom stereocenters. The SMILES string of the molecule is Cc1ccc(CC(=O)Nc2cc(C)nn2-c2nc3ccccc3s2)c(C)c1. The molecule has 27 heavy (non-hydrogen) atoms. The zero-order valence-electron chi connectivity index (χ0n) is 15.5. The number of hydrogen-bond acceptors (Lipinski definition) is 4. The van der Waals surface area contributed by atoms with Crippen LogP contribution in [0.15, 0.2) is 48.5 Å². The summed E-state index contributed by atoms with van der Waals surface area (Å²) in [7, 11) is 0. The summed E-state index contributed by atoms with van der Waals surface area (Å²) in [5.41, 5.74) is 5.11. The highest BCUT2D eigenvalue weighted by atomic mass is 32.1. The Hall–Kier alpha value is -2.99. The Balaban J connectivity index is 1.60. The van der Waals surface area contributed by atoms with Crippen molar-refractivity contribution in [1.82, 2.24) is 14.8 Å². The van der Waals surface area contributed by atoms with Crippen LogP contribution in [0.3, 0.4) is 0 Å². The molecule has 0 spiro atoms. The summed E-state index contributed by atoms with van der Waals surface area (Å²) >= 11 is 1.55. The first-order valence-corrected chi connectivity index (χ1v) is 9.60. The first kappa shape index (κ1) is 17.4. The quantitative estimate of drug-likeness (QED) is 0.567. The van der Waals surface area contributed by atoms with Crippen LogP contribution < -0.4 is 5.32 Å². The maximum Gasteiger partial charge on any atom is 0.229 e. The van der Waals surface area contributed by atoms with Crippen molar-refractivity contribution >= 4 is 33.3 Å². The minimum atomic E-state index is -0.0655. The van der Waals surface area contributed by atoms with E-state index in [0.717, 1.165) is 32.2 Å². The van der Waals surface area contributed by atoms with Gasteiger partial charge in [-0.3, -0.25) is 4.79 Å². The van der Waals surface area contributed by atoms with Gasteiger partial charge < -0.3 is 5.32 Å². The number of fused-ring (bicyclic) bond motifs is 1. The predicted molar refractivity (Wildman–Crippen MR) is 110 cm³/mol. The van der Waals surface area contributed by atoms with E-state index >= 15 is 0 Å². The van der Waals surface area contributed by atoms with Gasteiger partial charge in [-0.1, -0.05) is 47.2 Å². The van der Waals surface area contributed by atoms with E-state index in [1.165, 1.54) is 5.56 Å². The zero-order valence-corrected chi connectivity index (χ0v) is 16.3. The second kappa shape index (κ2) is 6.96. The molecule has 5 nitrogen and oxygen atoms in total. The Labute approximate surface area is 161 Å². The van der Waals surface area contributed by atoms with E-state index in [2.05, 4.69) is 28.4 Å². The molecular weight excluding hydrogens is 356 g/mol. The molecule has 0 fully saturated rings. The number of rotatable bonds is 4. The highest BCUT2D eigenvalue weighted by Gasteiger charge is 2.15. The normalized spacial score (nSPS) is 11.1. The maximum absolute atomic E-state index is 12.6. The molecule has 0 saturated carbocycles. The first-order chi connectivity index (χ1) is 13.0. The lowest BCUT2D eigenvalue weighted by molar-refractivity contribution is -0.115. The third-order valence-corrected chi connectivity index (χ3v) is 5.42. The van der Waals surface area contributed by atoms with Gasteiger partial charge in [0.05, 0.1) is 22.3 Å². The lowest BCUT2D eigenvalue weighted by atomic mass is 10.0. The molecule has 0 aliphatic carbocycles. The molecule has 2 aromatic carbocycles. The number of hydrogen-bond donors (Lipinski definition) is 1. The number of carbonyl (C=O) groups excluding carboxylic acids is 1. The van der Waals surface area contributed by atoms with Gasteiger partial charge in [-0.15, -0.1) is 0 Å².